The van der Waals surface area contributed by atoms with Crippen LogP contribution in [-0.2, 0) is 6.54 Å². The summed E-state index contributed by atoms with van der Waals surface area (Å²) in [7, 11) is 0. The molecule has 0 unspecified atom stereocenters. The highest BCUT2D eigenvalue weighted by Crippen LogP contribution is 2.25. The smallest absolute Gasteiger partial charge is 0.128 e. The van der Waals surface area contributed by atoms with Crippen molar-refractivity contribution in [2.75, 3.05) is 6.61 Å². The molecule has 0 amide bonds. The summed E-state index contributed by atoms with van der Waals surface area (Å²) in [5.41, 5.74) is 0.587. The van der Waals surface area contributed by atoms with E-state index in [1.54, 1.807) is 13.1 Å². The Morgan fingerprint density at radius 3 is 2.89 bits per heavy atom. The molecule has 0 spiro atoms. The number of aliphatic hydroxyl groups excluding tert-OH is 1. The average Bonchev–Trinajstić information content (AvgIpc) is 2.75. The first-order chi connectivity index (χ1) is 9.08. The van der Waals surface area contributed by atoms with Crippen molar-refractivity contribution in [3.63, 3.8) is 0 Å². The Morgan fingerprint density at radius 2 is 2.26 bits per heavy atom. The summed E-state index contributed by atoms with van der Waals surface area (Å²) >= 11 is 0. The lowest BCUT2D eigenvalue weighted by molar-refractivity contribution is 0.190. The van der Waals surface area contributed by atoms with Crippen LogP contribution in [0.1, 0.15) is 24.4 Å². The van der Waals surface area contributed by atoms with E-state index in [9.17, 15) is 9.50 Å². The topological polar surface area (TPSA) is 47.3 Å². The van der Waals surface area contributed by atoms with Gasteiger partial charge in [0.1, 0.15) is 24.0 Å². The molecule has 0 radical (unpaired) electrons. The van der Waals surface area contributed by atoms with Gasteiger partial charge in [-0.15, -0.1) is 0 Å². The molecule has 2 rings (SSSR count). The summed E-state index contributed by atoms with van der Waals surface area (Å²) < 4.78 is 20.7. The zero-order chi connectivity index (χ0) is 13.8. The predicted molar refractivity (Wildman–Crippen MR) is 69.5 cm³/mol. The van der Waals surface area contributed by atoms with Gasteiger partial charge in [-0.2, -0.15) is 0 Å². The molecule has 0 saturated heterocycles. The number of aromatic nitrogens is 2. The van der Waals surface area contributed by atoms with Gasteiger partial charge in [0.25, 0.3) is 0 Å². The highest BCUT2D eigenvalue weighted by Gasteiger charge is 2.10. The molecule has 1 aromatic carbocycles. The molecule has 4 nitrogen and oxygen atoms in total. The van der Waals surface area contributed by atoms with Crippen LogP contribution in [0.15, 0.2) is 30.6 Å². The molecule has 1 atom stereocenters. The van der Waals surface area contributed by atoms with Gasteiger partial charge in [-0.25, -0.2) is 9.37 Å². The Bertz CT molecular complexity index is 552. The summed E-state index contributed by atoms with van der Waals surface area (Å²) in [5.74, 6) is 0.907. The summed E-state index contributed by atoms with van der Waals surface area (Å²) in [6, 6.07) is 4.15. The Morgan fingerprint density at radius 1 is 1.47 bits per heavy atom. The molecule has 5 heteroatoms. The number of halogens is 1. The Kier molecular flexibility index (Phi) is 4.16. The first kappa shape index (κ1) is 13.5. The predicted octanol–water partition coefficient (Wildman–Crippen LogP) is 2.46. The number of nitrogens with zero attached hydrogens (tertiary/aromatic N) is 2. The van der Waals surface area contributed by atoms with Gasteiger partial charge in [0.2, 0.25) is 0 Å². The lowest BCUT2D eigenvalue weighted by Gasteiger charge is -2.14. The Hall–Kier alpha value is -1.88. The van der Waals surface area contributed by atoms with E-state index in [4.69, 9.17) is 4.74 Å². The molecule has 0 aliphatic carbocycles. The van der Waals surface area contributed by atoms with E-state index >= 15 is 0 Å². The van der Waals surface area contributed by atoms with E-state index in [0.29, 0.717) is 24.5 Å². The molecular formula is C14H17FN2O2. The monoisotopic (exact) mass is 264 g/mol. The fraction of sp³-hybridized carbons (Fsp3) is 0.357. The Labute approximate surface area is 111 Å². The fourth-order valence-electron chi connectivity index (χ4n) is 1.87. The first-order valence-corrected chi connectivity index (χ1v) is 6.16. The average molecular weight is 264 g/mol. The maximum Gasteiger partial charge on any atom is 0.128 e. The van der Waals surface area contributed by atoms with Gasteiger partial charge in [-0.05, 0) is 26.0 Å². The number of benzene rings is 1. The number of imidazole rings is 1. The molecule has 0 saturated carbocycles. The maximum absolute atomic E-state index is 13.2. The molecule has 102 valence electrons. The van der Waals surface area contributed by atoms with Crippen LogP contribution in [-0.4, -0.2) is 21.3 Å². The van der Waals surface area contributed by atoms with Gasteiger partial charge in [-0.3, -0.25) is 0 Å². The SMILES string of the molecule is Cc1nccn1CCOc1cc(F)ccc1[C@@H](C)O. The second-order valence-electron chi connectivity index (χ2n) is 4.37. The van der Waals surface area contributed by atoms with Gasteiger partial charge < -0.3 is 14.4 Å². The summed E-state index contributed by atoms with van der Waals surface area (Å²) in [6.07, 6.45) is 2.89. The number of hydrogen-bond acceptors (Lipinski definition) is 3. The molecule has 2 aromatic rings. The largest absolute Gasteiger partial charge is 0.491 e. The van der Waals surface area contributed by atoms with Gasteiger partial charge in [0, 0.05) is 24.0 Å². The van der Waals surface area contributed by atoms with E-state index in [2.05, 4.69) is 4.98 Å². The molecule has 1 N–H and O–H groups in total. The molecule has 1 heterocycles. The minimum atomic E-state index is -0.689. The normalized spacial score (nSPS) is 12.4. The van der Waals surface area contributed by atoms with Crippen LogP contribution < -0.4 is 4.74 Å². The third kappa shape index (κ3) is 3.32. The second kappa shape index (κ2) is 5.84. The summed E-state index contributed by atoms with van der Waals surface area (Å²) in [6.45, 7) is 4.55. The number of aryl methyl sites for hydroxylation is 1. The lowest BCUT2D eigenvalue weighted by Crippen LogP contribution is -2.10. The van der Waals surface area contributed by atoms with Crippen molar-refractivity contribution in [3.8, 4) is 5.75 Å². The molecule has 0 bridgehead atoms. The summed E-state index contributed by atoms with van der Waals surface area (Å²) in [4.78, 5) is 4.11. The van der Waals surface area contributed by atoms with Crippen molar-refractivity contribution < 1.29 is 14.2 Å². The summed E-state index contributed by atoms with van der Waals surface area (Å²) in [5, 5.41) is 9.61. The van der Waals surface area contributed by atoms with Gasteiger partial charge in [0.05, 0.1) is 12.6 Å². The van der Waals surface area contributed by atoms with E-state index in [-0.39, 0.29) is 5.82 Å². The molecular weight excluding hydrogens is 247 g/mol. The van der Waals surface area contributed by atoms with Crippen LogP contribution in [0.3, 0.4) is 0 Å². The van der Waals surface area contributed by atoms with Crippen LogP contribution in [0, 0.1) is 12.7 Å². The highest BCUT2D eigenvalue weighted by atomic mass is 19.1. The maximum atomic E-state index is 13.2. The Balaban J connectivity index is 2.03. The van der Waals surface area contributed by atoms with Crippen LogP contribution in [0.25, 0.3) is 0 Å². The van der Waals surface area contributed by atoms with E-state index in [1.807, 2.05) is 17.7 Å². The number of hydrogen-bond donors (Lipinski definition) is 1. The van der Waals surface area contributed by atoms with Crippen LogP contribution in [0.4, 0.5) is 4.39 Å². The van der Waals surface area contributed by atoms with Crippen molar-refractivity contribution >= 4 is 0 Å². The quantitative estimate of drug-likeness (QED) is 0.902. The van der Waals surface area contributed by atoms with Crippen molar-refractivity contribution in [2.24, 2.45) is 0 Å². The zero-order valence-corrected chi connectivity index (χ0v) is 11.0. The van der Waals surface area contributed by atoms with E-state index < -0.39 is 6.10 Å². The van der Waals surface area contributed by atoms with E-state index in [0.717, 1.165) is 5.82 Å². The van der Waals surface area contributed by atoms with Gasteiger partial charge in [0.15, 0.2) is 0 Å². The van der Waals surface area contributed by atoms with Crippen molar-refractivity contribution in [1.29, 1.82) is 0 Å². The minimum absolute atomic E-state index is 0.377. The first-order valence-electron chi connectivity index (χ1n) is 6.16. The van der Waals surface area contributed by atoms with Crippen LogP contribution in [0.2, 0.25) is 0 Å². The standard InChI is InChI=1S/C14H17FN2O2/c1-10(18)13-4-3-12(15)9-14(13)19-8-7-17-6-5-16-11(17)2/h3-6,9-10,18H,7-8H2,1-2H3/t10-/m1/s1. The van der Waals surface area contributed by atoms with Gasteiger partial charge in [-0.1, -0.05) is 0 Å². The van der Waals surface area contributed by atoms with Gasteiger partial charge >= 0.3 is 0 Å². The number of ether oxygens (including phenoxy) is 1. The molecule has 19 heavy (non-hydrogen) atoms. The molecule has 1 aromatic heterocycles. The van der Waals surface area contributed by atoms with Crippen molar-refractivity contribution in [1.82, 2.24) is 9.55 Å². The minimum Gasteiger partial charge on any atom is -0.491 e. The third-order valence-corrected chi connectivity index (χ3v) is 2.94. The lowest BCUT2D eigenvalue weighted by atomic mass is 10.1. The zero-order valence-electron chi connectivity index (χ0n) is 11.0. The number of aliphatic hydroxyl groups is 1. The van der Waals surface area contributed by atoms with E-state index in [1.165, 1.54) is 18.2 Å². The van der Waals surface area contributed by atoms with Crippen molar-refractivity contribution in [2.45, 2.75) is 26.5 Å². The third-order valence-electron chi connectivity index (χ3n) is 2.94. The highest BCUT2D eigenvalue weighted by molar-refractivity contribution is 5.35. The van der Waals surface area contributed by atoms with Crippen LogP contribution >= 0.6 is 0 Å². The van der Waals surface area contributed by atoms with Crippen molar-refractivity contribution in [3.05, 3.63) is 47.8 Å². The van der Waals surface area contributed by atoms with Crippen LogP contribution in [0.5, 0.6) is 5.75 Å². The fourth-order valence-corrected chi connectivity index (χ4v) is 1.87. The second-order valence-corrected chi connectivity index (χ2v) is 4.37. The molecule has 0 fully saturated rings. The molecule has 0 aliphatic heterocycles. The molecule has 0 aliphatic rings. The number of rotatable bonds is 5.